The van der Waals surface area contributed by atoms with Crippen LogP contribution in [0.5, 0.6) is 17.2 Å². The van der Waals surface area contributed by atoms with Crippen LogP contribution in [0.25, 0.3) is 0 Å². The number of nitrogens with one attached hydrogen (secondary N) is 2. The molecule has 0 aliphatic carbocycles. The first-order chi connectivity index (χ1) is 13.2. The molecular formula is C20H20N4O3. The molecule has 0 radical (unpaired) electrons. The van der Waals surface area contributed by atoms with E-state index in [9.17, 15) is 0 Å². The highest BCUT2D eigenvalue weighted by atomic mass is 16.7. The lowest BCUT2D eigenvalue weighted by molar-refractivity contribution is 0.174. The van der Waals surface area contributed by atoms with E-state index < -0.39 is 0 Å². The maximum atomic E-state index is 5.41. The number of aryl methyl sites for hydroxylation is 1. The predicted molar refractivity (Wildman–Crippen MR) is 103 cm³/mol. The molecule has 3 aromatic rings. The van der Waals surface area contributed by atoms with Crippen molar-refractivity contribution in [2.75, 3.05) is 24.5 Å². The quantitative estimate of drug-likeness (QED) is 0.687. The molecular weight excluding hydrogens is 344 g/mol. The van der Waals surface area contributed by atoms with Gasteiger partial charge in [-0.05, 0) is 36.8 Å². The molecule has 2 heterocycles. The molecule has 0 unspecified atom stereocenters. The zero-order valence-electron chi connectivity index (χ0n) is 15.2. The van der Waals surface area contributed by atoms with Gasteiger partial charge in [0, 0.05) is 24.4 Å². The molecule has 7 nitrogen and oxygen atoms in total. The lowest BCUT2D eigenvalue weighted by atomic mass is 10.2. The average Bonchev–Trinajstić information content (AvgIpc) is 3.14. The van der Waals surface area contributed by atoms with Gasteiger partial charge in [-0.3, -0.25) is 0 Å². The van der Waals surface area contributed by atoms with E-state index in [1.807, 2.05) is 55.5 Å². The number of anilines is 3. The Hall–Kier alpha value is -3.48. The van der Waals surface area contributed by atoms with E-state index in [1.165, 1.54) is 0 Å². The average molecular weight is 364 g/mol. The van der Waals surface area contributed by atoms with Gasteiger partial charge in [-0.15, -0.1) is 0 Å². The van der Waals surface area contributed by atoms with Gasteiger partial charge in [0.1, 0.15) is 23.2 Å². The van der Waals surface area contributed by atoms with Crippen LogP contribution in [0.1, 0.15) is 11.4 Å². The van der Waals surface area contributed by atoms with Crippen molar-refractivity contribution in [3.63, 3.8) is 0 Å². The van der Waals surface area contributed by atoms with Crippen LogP contribution in [0, 0.1) is 6.92 Å². The number of benzene rings is 2. The van der Waals surface area contributed by atoms with Crippen LogP contribution in [-0.2, 0) is 6.54 Å². The molecule has 2 aromatic carbocycles. The second-order valence-corrected chi connectivity index (χ2v) is 6.08. The number of nitrogens with zero attached hydrogens (tertiary/aromatic N) is 2. The number of hydrogen-bond donors (Lipinski definition) is 2. The lowest BCUT2D eigenvalue weighted by Crippen LogP contribution is -2.05. The van der Waals surface area contributed by atoms with Gasteiger partial charge in [-0.1, -0.05) is 12.1 Å². The van der Waals surface area contributed by atoms with Gasteiger partial charge in [0.05, 0.1) is 7.11 Å². The highest BCUT2D eigenvalue weighted by Crippen LogP contribution is 2.35. The maximum absolute atomic E-state index is 5.41. The normalized spacial score (nSPS) is 11.9. The monoisotopic (exact) mass is 364 g/mol. The SMILES string of the molecule is COc1ccc(CNc2cc(Nc3ccc4c(c3)OCO4)nc(C)n2)cc1. The first-order valence-electron chi connectivity index (χ1n) is 8.59. The van der Waals surface area contributed by atoms with Crippen molar-refractivity contribution in [2.24, 2.45) is 0 Å². The summed E-state index contributed by atoms with van der Waals surface area (Å²) in [7, 11) is 1.66. The van der Waals surface area contributed by atoms with Crippen LogP contribution >= 0.6 is 0 Å². The van der Waals surface area contributed by atoms with Crippen molar-refractivity contribution in [1.29, 1.82) is 0 Å². The van der Waals surface area contributed by atoms with Gasteiger partial charge in [-0.25, -0.2) is 9.97 Å². The molecule has 4 rings (SSSR count). The second kappa shape index (κ2) is 7.41. The van der Waals surface area contributed by atoms with Gasteiger partial charge < -0.3 is 24.8 Å². The summed E-state index contributed by atoms with van der Waals surface area (Å²) in [6.45, 7) is 2.78. The first kappa shape index (κ1) is 17.0. The van der Waals surface area contributed by atoms with Crippen molar-refractivity contribution in [3.8, 4) is 17.2 Å². The molecule has 27 heavy (non-hydrogen) atoms. The molecule has 2 N–H and O–H groups in total. The third-order valence-corrected chi connectivity index (χ3v) is 4.12. The summed E-state index contributed by atoms with van der Waals surface area (Å²) >= 11 is 0. The molecule has 0 atom stereocenters. The minimum absolute atomic E-state index is 0.255. The minimum Gasteiger partial charge on any atom is -0.497 e. The minimum atomic E-state index is 0.255. The second-order valence-electron chi connectivity index (χ2n) is 6.08. The molecule has 7 heteroatoms. The zero-order valence-corrected chi connectivity index (χ0v) is 15.2. The number of ether oxygens (including phenoxy) is 3. The molecule has 1 aliphatic rings. The van der Waals surface area contributed by atoms with Crippen molar-refractivity contribution in [3.05, 3.63) is 59.9 Å². The Balaban J connectivity index is 1.46. The third kappa shape index (κ3) is 4.03. The fourth-order valence-electron chi connectivity index (χ4n) is 2.78. The summed E-state index contributed by atoms with van der Waals surface area (Å²) in [5.74, 6) is 4.45. The van der Waals surface area contributed by atoms with E-state index in [2.05, 4.69) is 20.6 Å². The number of aromatic nitrogens is 2. The van der Waals surface area contributed by atoms with Crippen molar-refractivity contribution < 1.29 is 14.2 Å². The van der Waals surface area contributed by atoms with Crippen molar-refractivity contribution in [1.82, 2.24) is 9.97 Å². The van der Waals surface area contributed by atoms with E-state index in [-0.39, 0.29) is 6.79 Å². The van der Waals surface area contributed by atoms with Gasteiger partial charge >= 0.3 is 0 Å². The first-order valence-corrected chi connectivity index (χ1v) is 8.59. The van der Waals surface area contributed by atoms with Crippen molar-refractivity contribution >= 4 is 17.3 Å². The van der Waals surface area contributed by atoms with Gasteiger partial charge in [-0.2, -0.15) is 0 Å². The van der Waals surface area contributed by atoms with E-state index in [4.69, 9.17) is 14.2 Å². The molecule has 1 aliphatic heterocycles. The Labute approximate surface area is 157 Å². The van der Waals surface area contributed by atoms with Crippen LogP contribution in [0.15, 0.2) is 48.5 Å². The van der Waals surface area contributed by atoms with Crippen molar-refractivity contribution in [2.45, 2.75) is 13.5 Å². The van der Waals surface area contributed by atoms with Crippen LogP contribution in [0.3, 0.4) is 0 Å². The van der Waals surface area contributed by atoms with Crippen LogP contribution in [-0.4, -0.2) is 23.9 Å². The highest BCUT2D eigenvalue weighted by molar-refractivity contribution is 5.63. The Kier molecular flexibility index (Phi) is 4.65. The molecule has 0 fully saturated rings. The lowest BCUT2D eigenvalue weighted by Gasteiger charge is -2.11. The van der Waals surface area contributed by atoms with E-state index in [0.717, 1.165) is 34.3 Å². The van der Waals surface area contributed by atoms with E-state index >= 15 is 0 Å². The van der Waals surface area contributed by atoms with Gasteiger partial charge in [0.25, 0.3) is 0 Å². The third-order valence-electron chi connectivity index (χ3n) is 4.12. The summed E-state index contributed by atoms with van der Waals surface area (Å²) in [5.41, 5.74) is 2.01. The Morgan fingerprint density at radius 2 is 1.74 bits per heavy atom. The topological polar surface area (TPSA) is 77.5 Å². The summed E-state index contributed by atoms with van der Waals surface area (Å²) in [4.78, 5) is 8.90. The summed E-state index contributed by atoms with van der Waals surface area (Å²) in [6, 6.07) is 15.5. The van der Waals surface area contributed by atoms with Crippen LogP contribution in [0.2, 0.25) is 0 Å². The Morgan fingerprint density at radius 1 is 0.963 bits per heavy atom. The van der Waals surface area contributed by atoms with E-state index in [1.54, 1.807) is 7.11 Å². The van der Waals surface area contributed by atoms with Gasteiger partial charge in [0.15, 0.2) is 11.5 Å². The summed E-state index contributed by atoms with van der Waals surface area (Å²) in [6.07, 6.45) is 0. The Bertz CT molecular complexity index is 944. The summed E-state index contributed by atoms with van der Waals surface area (Å²) < 4.78 is 15.9. The number of fused-ring (bicyclic) bond motifs is 1. The van der Waals surface area contributed by atoms with Crippen LogP contribution < -0.4 is 24.8 Å². The van der Waals surface area contributed by atoms with E-state index in [0.29, 0.717) is 18.2 Å². The molecule has 0 amide bonds. The largest absolute Gasteiger partial charge is 0.497 e. The molecule has 0 bridgehead atoms. The number of hydrogen-bond acceptors (Lipinski definition) is 7. The molecule has 0 saturated heterocycles. The predicted octanol–water partition coefficient (Wildman–Crippen LogP) is 3.88. The highest BCUT2D eigenvalue weighted by Gasteiger charge is 2.13. The standard InChI is InChI=1S/C20H20N4O3/c1-13-22-19(21-11-14-3-6-16(25-2)7-4-14)10-20(23-13)24-15-5-8-17-18(9-15)27-12-26-17/h3-10H,11-12H2,1-2H3,(H2,21,22,23,24). The van der Waals surface area contributed by atoms with Gasteiger partial charge in [0.2, 0.25) is 6.79 Å². The molecule has 0 saturated carbocycles. The molecule has 1 aromatic heterocycles. The number of rotatable bonds is 6. The molecule has 0 spiro atoms. The maximum Gasteiger partial charge on any atom is 0.231 e. The fourth-order valence-corrected chi connectivity index (χ4v) is 2.78. The zero-order chi connectivity index (χ0) is 18.6. The Morgan fingerprint density at radius 3 is 2.56 bits per heavy atom. The molecule has 138 valence electrons. The van der Waals surface area contributed by atoms with Crippen LogP contribution in [0.4, 0.5) is 17.3 Å². The summed E-state index contributed by atoms with van der Waals surface area (Å²) in [5, 5.41) is 6.62. The number of methoxy groups -OCH3 is 1. The fraction of sp³-hybridized carbons (Fsp3) is 0.200. The smallest absolute Gasteiger partial charge is 0.231 e.